The van der Waals surface area contributed by atoms with E-state index >= 15 is 0 Å². The molecule has 0 bridgehead atoms. The van der Waals surface area contributed by atoms with Crippen LogP contribution in [0.15, 0.2) is 0 Å². The number of halogens is 4. The van der Waals surface area contributed by atoms with E-state index in [-0.39, 0.29) is 5.48 Å². The van der Waals surface area contributed by atoms with E-state index in [0.29, 0.717) is 0 Å². The Bertz CT molecular complexity index is 23.0. The fourth-order valence-corrected chi connectivity index (χ4v) is 0. The van der Waals surface area contributed by atoms with Gasteiger partial charge in [0.15, 0.2) is 0 Å². The van der Waals surface area contributed by atoms with Crippen molar-refractivity contribution in [3.63, 3.8) is 0 Å². The van der Waals surface area contributed by atoms with Crippen LogP contribution in [0.4, 0.5) is 10.0 Å². The number of hydrogen-bond donors (Lipinski definition) is 0. The van der Waals surface area contributed by atoms with Crippen LogP contribution in [0.1, 0.15) is 0 Å². The Morgan fingerprint density at radius 3 is 0.833 bits per heavy atom. The van der Waals surface area contributed by atoms with Crippen LogP contribution in [0, 0.1) is 0 Å². The van der Waals surface area contributed by atoms with Gasteiger partial charge in [0, 0.05) is 0 Å². The summed E-state index contributed by atoms with van der Waals surface area (Å²) in [5.41, 5.74) is 0. The Kier molecular flexibility index (Phi) is 4.44. The molecule has 0 radical (unpaired) electrons. The zero-order chi connectivity index (χ0) is 4.50. The minimum atomic E-state index is -7.28. The van der Waals surface area contributed by atoms with Crippen LogP contribution < -0.4 is 0 Å². The van der Waals surface area contributed by atoms with E-state index in [4.69, 9.17) is 0 Å². The van der Waals surface area contributed by atoms with Crippen LogP contribution in [-0.2, 0) is 0 Å². The molecule has 0 rings (SSSR count). The molecule has 0 atom stereocenters. The van der Waals surface area contributed by atoms with Gasteiger partial charge in [0.2, 0.25) is 0 Å². The molecular weight excluding hydrogens is 299 g/mol. The minimum absolute atomic E-state index is 0. The Morgan fingerprint density at radius 1 is 0.833 bits per heavy atom. The van der Waals surface area contributed by atoms with E-state index in [0.717, 1.165) is 0 Å². The molecule has 6 heteroatoms. The van der Waals surface area contributed by atoms with E-state index in [1.807, 2.05) is 0 Å². The molecule has 1 nitrogen and oxygen atoms in total. The molecule has 0 amide bonds. The second-order valence-electron chi connectivity index (χ2n) is 0.429. The van der Waals surface area contributed by atoms with Crippen molar-refractivity contribution in [2.45, 2.75) is 0 Å². The van der Waals surface area contributed by atoms with Gasteiger partial charge < -0.3 is 5.48 Å². The predicted octanol–water partition coefficient (Wildman–Crippen LogP) is 0.475. The monoisotopic (exact) mass is 302 g/mol. The summed E-state index contributed by atoms with van der Waals surface area (Å²) in [6.07, 6.45) is 0. The summed E-state index contributed by atoms with van der Waals surface area (Å²) < 4.78 is 39.6. The predicted molar refractivity (Wildman–Crippen MR) is 13.8 cm³/mol. The van der Waals surface area contributed by atoms with Gasteiger partial charge in [-0.3, -0.25) is 0 Å². The van der Waals surface area contributed by atoms with Crippen LogP contribution in [0.2, 0.25) is 0 Å². The van der Waals surface area contributed by atoms with Gasteiger partial charge in [-0.2, -0.15) is 0 Å². The maximum atomic E-state index is 9.91. The third-order valence-electron chi connectivity index (χ3n) is 0. The van der Waals surface area contributed by atoms with Crippen molar-refractivity contribution < 1.29 is 15.5 Å². The average Bonchev–Trinajstić information content (AvgIpc) is 0.722. The molecule has 0 heterocycles. The first-order valence-corrected chi connectivity index (χ1v) is 6.63. The summed E-state index contributed by atoms with van der Waals surface area (Å²) >= 11 is -7.28. The molecule has 0 aliphatic rings. The molecule has 0 saturated carbocycles. The molecule has 0 fully saturated rings. The maximum absolute atomic E-state index is 9.91. The fraction of sp³-hybridized carbons (Fsp3) is 0. The van der Waals surface area contributed by atoms with Crippen LogP contribution in [-0.4, -0.2) is 29.2 Å². The standard InChI is InChI=1S/4FH.H2O.Pb/h4*1H;1H2;/q;;;;;+4/p-4. The van der Waals surface area contributed by atoms with Crippen LogP contribution in [0.25, 0.3) is 0 Å². The van der Waals surface area contributed by atoms with Crippen molar-refractivity contribution in [1.29, 1.82) is 0 Å². The van der Waals surface area contributed by atoms with E-state index in [1.54, 1.807) is 0 Å². The summed E-state index contributed by atoms with van der Waals surface area (Å²) in [6.45, 7) is 0. The molecule has 0 aliphatic carbocycles. The first-order chi connectivity index (χ1) is 2.00. The van der Waals surface area contributed by atoms with Crippen molar-refractivity contribution in [3.8, 4) is 0 Å². The van der Waals surface area contributed by atoms with Gasteiger partial charge in [-0.05, 0) is 0 Å². The van der Waals surface area contributed by atoms with Crippen molar-refractivity contribution in [3.05, 3.63) is 0 Å². The van der Waals surface area contributed by atoms with Crippen LogP contribution >= 0.6 is 0 Å². The second kappa shape index (κ2) is 2.72. The van der Waals surface area contributed by atoms with E-state index < -0.39 is 23.7 Å². The molecule has 0 saturated heterocycles. The van der Waals surface area contributed by atoms with E-state index in [9.17, 15) is 10.0 Å². The number of rotatable bonds is 0. The zero-order valence-corrected chi connectivity index (χ0v) is 6.40. The molecule has 0 aromatic carbocycles. The van der Waals surface area contributed by atoms with Gasteiger partial charge in [0.1, 0.15) is 0 Å². The van der Waals surface area contributed by atoms with Gasteiger partial charge in [-0.1, -0.05) is 0 Å². The molecule has 0 spiro atoms. The Hall–Kier alpha value is 0.602. The normalized spacial score (nSPS) is 10.0. The van der Waals surface area contributed by atoms with Crippen molar-refractivity contribution in [1.82, 2.24) is 0 Å². The van der Waals surface area contributed by atoms with Gasteiger partial charge in [-0.15, -0.1) is 0 Å². The summed E-state index contributed by atoms with van der Waals surface area (Å²) in [5, 5.41) is 0. The third kappa shape index (κ3) is 165. The van der Waals surface area contributed by atoms with Crippen molar-refractivity contribution in [2.24, 2.45) is 0 Å². The zero-order valence-electron chi connectivity index (χ0n) is 2.51. The molecule has 0 unspecified atom stereocenters. The van der Waals surface area contributed by atoms with Gasteiger partial charge in [0.05, 0.1) is 0 Å². The van der Waals surface area contributed by atoms with Crippen LogP contribution in [0.5, 0.6) is 0 Å². The van der Waals surface area contributed by atoms with Crippen molar-refractivity contribution >= 4 is 23.7 Å². The SMILES string of the molecule is O.[F][Pb]([F])([F])[F]. The molecule has 40 valence electrons. The van der Waals surface area contributed by atoms with E-state index in [1.165, 1.54) is 0 Å². The summed E-state index contributed by atoms with van der Waals surface area (Å²) in [5.74, 6) is 0. The quantitative estimate of drug-likeness (QED) is 0.460. The summed E-state index contributed by atoms with van der Waals surface area (Å²) in [4.78, 5) is 0. The topological polar surface area (TPSA) is 31.5 Å². The summed E-state index contributed by atoms with van der Waals surface area (Å²) in [7, 11) is 0. The van der Waals surface area contributed by atoms with Crippen molar-refractivity contribution in [2.75, 3.05) is 0 Å². The molecule has 2 N–H and O–H groups in total. The molecule has 0 aromatic heterocycles. The first kappa shape index (κ1) is 9.78. The molecule has 0 aromatic rings. The van der Waals surface area contributed by atoms with Gasteiger partial charge >= 0.3 is 33.7 Å². The van der Waals surface area contributed by atoms with Gasteiger partial charge in [-0.25, -0.2) is 0 Å². The molecule has 6 heavy (non-hydrogen) atoms. The second-order valence-corrected chi connectivity index (χ2v) is 3.76. The molecule has 0 aliphatic heterocycles. The number of hydrogen-bond acceptors (Lipinski definition) is 0. The first-order valence-electron chi connectivity index (χ1n) is 0.756. The summed E-state index contributed by atoms with van der Waals surface area (Å²) in [6, 6.07) is 0. The third-order valence-corrected chi connectivity index (χ3v) is 0. The Morgan fingerprint density at radius 2 is 0.833 bits per heavy atom. The van der Waals surface area contributed by atoms with Crippen LogP contribution in [0.3, 0.4) is 0 Å². The van der Waals surface area contributed by atoms with Gasteiger partial charge in [0.25, 0.3) is 0 Å². The fourth-order valence-electron chi connectivity index (χ4n) is 0. The average molecular weight is 301 g/mol. The molecular formula is H2F4OPb. The Balaban J connectivity index is 0. The van der Waals surface area contributed by atoms with E-state index in [2.05, 4.69) is 0 Å². The Labute approximate surface area is 39.6 Å².